The Morgan fingerprint density at radius 2 is 2.20 bits per heavy atom. The zero-order valence-electron chi connectivity index (χ0n) is 11.3. The highest BCUT2D eigenvalue weighted by molar-refractivity contribution is 6.06. The molecule has 1 aromatic rings. The van der Waals surface area contributed by atoms with Crippen LogP contribution in [0, 0.1) is 5.92 Å². The SMILES string of the molecule is CC1CC(=O)N(C)N=C1c1ccc2c(c1)ONC(=O)C2. The number of amides is 2. The Morgan fingerprint density at radius 1 is 1.40 bits per heavy atom. The van der Waals surface area contributed by atoms with Gasteiger partial charge in [0.2, 0.25) is 5.91 Å². The number of hydroxylamine groups is 1. The highest BCUT2D eigenvalue weighted by Gasteiger charge is 2.26. The number of carbonyl (C=O) groups is 2. The summed E-state index contributed by atoms with van der Waals surface area (Å²) in [7, 11) is 1.66. The van der Waals surface area contributed by atoms with Gasteiger partial charge in [-0.15, -0.1) is 0 Å². The smallest absolute Gasteiger partial charge is 0.257 e. The number of hydrogen-bond acceptors (Lipinski definition) is 4. The van der Waals surface area contributed by atoms with Gasteiger partial charge in [0, 0.05) is 30.5 Å². The summed E-state index contributed by atoms with van der Waals surface area (Å²) in [6.07, 6.45) is 0.764. The molecule has 6 heteroatoms. The summed E-state index contributed by atoms with van der Waals surface area (Å²) in [6.45, 7) is 1.98. The summed E-state index contributed by atoms with van der Waals surface area (Å²) in [5, 5.41) is 5.71. The molecule has 1 aromatic carbocycles. The number of benzene rings is 1. The standard InChI is InChI=1S/C14H15N3O3/c1-8-5-13(19)17(2)15-14(8)10-4-3-9-7-12(18)16-20-11(9)6-10/h3-4,6,8H,5,7H2,1-2H3,(H,16,18). The molecule has 0 fully saturated rings. The fourth-order valence-corrected chi connectivity index (χ4v) is 2.42. The summed E-state index contributed by atoms with van der Waals surface area (Å²) < 4.78 is 0. The van der Waals surface area contributed by atoms with Gasteiger partial charge < -0.3 is 4.84 Å². The van der Waals surface area contributed by atoms with E-state index >= 15 is 0 Å². The van der Waals surface area contributed by atoms with E-state index in [0.717, 1.165) is 16.8 Å². The van der Waals surface area contributed by atoms with Gasteiger partial charge in [0.25, 0.3) is 5.91 Å². The molecular formula is C14H15N3O3. The summed E-state index contributed by atoms with van der Waals surface area (Å²) in [4.78, 5) is 28.1. The molecule has 0 radical (unpaired) electrons. The maximum Gasteiger partial charge on any atom is 0.257 e. The second-order valence-electron chi connectivity index (χ2n) is 5.13. The molecule has 6 nitrogen and oxygen atoms in total. The summed E-state index contributed by atoms with van der Waals surface area (Å²) in [6, 6.07) is 5.64. The van der Waals surface area contributed by atoms with Gasteiger partial charge in [0.05, 0.1) is 12.1 Å². The van der Waals surface area contributed by atoms with Crippen molar-refractivity contribution >= 4 is 17.5 Å². The van der Waals surface area contributed by atoms with Gasteiger partial charge >= 0.3 is 0 Å². The summed E-state index contributed by atoms with van der Waals surface area (Å²) in [5.74, 6) is 0.563. The largest absolute Gasteiger partial charge is 0.379 e. The van der Waals surface area contributed by atoms with Crippen LogP contribution in [0.4, 0.5) is 0 Å². The predicted octanol–water partition coefficient (Wildman–Crippen LogP) is 0.855. The number of nitrogens with zero attached hydrogens (tertiary/aromatic N) is 2. The van der Waals surface area contributed by atoms with Crippen LogP contribution >= 0.6 is 0 Å². The lowest BCUT2D eigenvalue weighted by Crippen LogP contribution is -2.35. The van der Waals surface area contributed by atoms with Gasteiger partial charge in [-0.1, -0.05) is 19.1 Å². The van der Waals surface area contributed by atoms with Crippen molar-refractivity contribution in [2.75, 3.05) is 7.05 Å². The van der Waals surface area contributed by atoms with Gasteiger partial charge in [0.15, 0.2) is 5.75 Å². The molecule has 0 saturated heterocycles. The minimum Gasteiger partial charge on any atom is -0.379 e. The van der Waals surface area contributed by atoms with Gasteiger partial charge in [-0.25, -0.2) is 5.01 Å². The average molecular weight is 273 g/mol. The number of rotatable bonds is 1. The topological polar surface area (TPSA) is 71.0 Å². The fraction of sp³-hybridized carbons (Fsp3) is 0.357. The Balaban J connectivity index is 1.97. The van der Waals surface area contributed by atoms with Crippen molar-refractivity contribution in [1.82, 2.24) is 10.5 Å². The van der Waals surface area contributed by atoms with Crippen LogP contribution in [0.15, 0.2) is 23.3 Å². The second-order valence-corrected chi connectivity index (χ2v) is 5.13. The fourth-order valence-electron chi connectivity index (χ4n) is 2.42. The van der Waals surface area contributed by atoms with Crippen LogP contribution in [0.25, 0.3) is 0 Å². The first-order valence-corrected chi connectivity index (χ1v) is 6.48. The molecule has 0 spiro atoms. The van der Waals surface area contributed by atoms with E-state index in [2.05, 4.69) is 10.6 Å². The maximum atomic E-state index is 11.6. The Hall–Kier alpha value is -2.37. The van der Waals surface area contributed by atoms with Crippen LogP contribution in [0.3, 0.4) is 0 Å². The van der Waals surface area contributed by atoms with E-state index in [9.17, 15) is 9.59 Å². The average Bonchev–Trinajstić information content (AvgIpc) is 2.42. The Morgan fingerprint density at radius 3 is 3.00 bits per heavy atom. The molecule has 1 N–H and O–H groups in total. The number of nitrogens with one attached hydrogen (secondary N) is 1. The van der Waals surface area contributed by atoms with Crippen molar-refractivity contribution in [3.8, 4) is 5.75 Å². The van der Waals surface area contributed by atoms with Crippen molar-refractivity contribution in [2.45, 2.75) is 19.8 Å². The van der Waals surface area contributed by atoms with E-state index < -0.39 is 0 Å². The zero-order chi connectivity index (χ0) is 14.3. The summed E-state index contributed by atoms with van der Waals surface area (Å²) in [5.41, 5.74) is 4.97. The first-order valence-electron chi connectivity index (χ1n) is 6.48. The van der Waals surface area contributed by atoms with Gasteiger partial charge in [-0.3, -0.25) is 9.59 Å². The highest BCUT2D eigenvalue weighted by atomic mass is 16.7. The van der Waals surface area contributed by atoms with Crippen LogP contribution in [0.1, 0.15) is 24.5 Å². The molecule has 0 bridgehead atoms. The summed E-state index contributed by atoms with van der Waals surface area (Å²) >= 11 is 0. The zero-order valence-corrected chi connectivity index (χ0v) is 11.3. The van der Waals surface area contributed by atoms with Crippen molar-refractivity contribution in [3.05, 3.63) is 29.3 Å². The molecule has 1 unspecified atom stereocenters. The monoisotopic (exact) mass is 273 g/mol. The highest BCUT2D eigenvalue weighted by Crippen LogP contribution is 2.27. The molecule has 0 aliphatic carbocycles. The predicted molar refractivity (Wildman–Crippen MR) is 72.0 cm³/mol. The molecule has 1 atom stereocenters. The normalized spacial score (nSPS) is 21.8. The van der Waals surface area contributed by atoms with Crippen LogP contribution in [-0.4, -0.2) is 29.6 Å². The van der Waals surface area contributed by atoms with E-state index in [1.807, 2.05) is 25.1 Å². The van der Waals surface area contributed by atoms with E-state index in [1.165, 1.54) is 5.01 Å². The van der Waals surface area contributed by atoms with Crippen LogP contribution in [-0.2, 0) is 16.0 Å². The van der Waals surface area contributed by atoms with Crippen LogP contribution in [0.5, 0.6) is 5.75 Å². The lowest BCUT2D eigenvalue weighted by molar-refractivity contribution is -0.131. The second kappa shape index (κ2) is 4.63. The molecule has 104 valence electrons. The minimum absolute atomic E-state index is 0.0164. The van der Waals surface area contributed by atoms with E-state index in [-0.39, 0.29) is 17.7 Å². The Kier molecular flexibility index (Phi) is 2.93. The molecule has 0 aromatic heterocycles. The number of hydrazone groups is 1. The van der Waals surface area contributed by atoms with E-state index in [1.54, 1.807) is 7.05 Å². The number of hydrogen-bond donors (Lipinski definition) is 1. The van der Waals surface area contributed by atoms with Gasteiger partial charge in [0.1, 0.15) is 0 Å². The first kappa shape index (κ1) is 12.7. The third-order valence-electron chi connectivity index (χ3n) is 3.56. The van der Waals surface area contributed by atoms with Crippen molar-refractivity contribution in [1.29, 1.82) is 0 Å². The third kappa shape index (κ3) is 2.13. The molecular weight excluding hydrogens is 258 g/mol. The number of fused-ring (bicyclic) bond motifs is 1. The Bertz CT molecular complexity index is 624. The van der Waals surface area contributed by atoms with Gasteiger partial charge in [-0.2, -0.15) is 10.6 Å². The molecule has 2 aliphatic heterocycles. The van der Waals surface area contributed by atoms with E-state index in [4.69, 9.17) is 4.84 Å². The van der Waals surface area contributed by atoms with E-state index in [0.29, 0.717) is 18.6 Å². The lowest BCUT2D eigenvalue weighted by Gasteiger charge is -2.25. The molecule has 2 aliphatic rings. The molecule has 0 saturated carbocycles. The third-order valence-corrected chi connectivity index (χ3v) is 3.56. The molecule has 2 heterocycles. The van der Waals surface area contributed by atoms with Crippen molar-refractivity contribution in [2.24, 2.45) is 11.0 Å². The van der Waals surface area contributed by atoms with Crippen LogP contribution < -0.4 is 10.3 Å². The van der Waals surface area contributed by atoms with Gasteiger partial charge in [-0.05, 0) is 6.07 Å². The molecule has 2 amide bonds. The van der Waals surface area contributed by atoms with Crippen molar-refractivity contribution in [3.63, 3.8) is 0 Å². The lowest BCUT2D eigenvalue weighted by atomic mass is 9.92. The maximum absolute atomic E-state index is 11.6. The molecule has 3 rings (SSSR count). The Labute approximate surface area is 116 Å². The van der Waals surface area contributed by atoms with Crippen molar-refractivity contribution < 1.29 is 14.4 Å². The minimum atomic E-state index is -0.154. The number of carbonyl (C=O) groups excluding carboxylic acids is 2. The first-order chi connectivity index (χ1) is 9.54. The van der Waals surface area contributed by atoms with Crippen LogP contribution in [0.2, 0.25) is 0 Å². The molecule has 20 heavy (non-hydrogen) atoms. The quantitative estimate of drug-likeness (QED) is 0.824.